The number of ether oxygens (including phenoxy) is 1. The first-order valence-corrected chi connectivity index (χ1v) is 11.9. The van der Waals surface area contributed by atoms with Crippen LogP contribution in [-0.4, -0.2) is 76.0 Å². The van der Waals surface area contributed by atoms with Gasteiger partial charge in [-0.05, 0) is 35.1 Å². The van der Waals surface area contributed by atoms with E-state index in [2.05, 4.69) is 5.10 Å². The summed E-state index contributed by atoms with van der Waals surface area (Å²) in [4.78, 5) is 27.6. The summed E-state index contributed by atoms with van der Waals surface area (Å²) in [6.07, 6.45) is -2.63. The molecular weight excluding hydrogens is 479 g/mol. The molecule has 1 aromatic heterocycles. The van der Waals surface area contributed by atoms with E-state index in [0.29, 0.717) is 39.4 Å². The molecule has 0 aliphatic carbocycles. The Labute approximate surface area is 205 Å². The van der Waals surface area contributed by atoms with Crippen molar-refractivity contribution in [2.24, 2.45) is 17.6 Å². The molecule has 3 aliphatic rings. The van der Waals surface area contributed by atoms with Gasteiger partial charge in [0.15, 0.2) is 5.69 Å². The number of alkyl halides is 3. The Morgan fingerprint density at radius 1 is 1.11 bits per heavy atom. The topological polar surface area (TPSA) is 114 Å². The predicted molar refractivity (Wildman–Crippen MR) is 121 cm³/mol. The fourth-order valence-corrected chi connectivity index (χ4v) is 5.59. The number of nitrogens with zero attached hydrogens (tertiary/aromatic N) is 4. The third kappa shape index (κ3) is 4.72. The van der Waals surface area contributed by atoms with E-state index in [1.54, 1.807) is 11.0 Å². The molecule has 36 heavy (non-hydrogen) atoms. The molecule has 3 fully saturated rings. The average Bonchev–Trinajstić information content (AvgIpc) is 3.54. The Morgan fingerprint density at radius 3 is 2.36 bits per heavy atom. The van der Waals surface area contributed by atoms with E-state index in [-0.39, 0.29) is 54.1 Å². The molecule has 0 spiro atoms. The molecule has 0 saturated carbocycles. The van der Waals surface area contributed by atoms with Gasteiger partial charge < -0.3 is 20.5 Å². The third-order valence-corrected chi connectivity index (χ3v) is 7.54. The van der Waals surface area contributed by atoms with Crippen LogP contribution in [0, 0.1) is 11.8 Å². The van der Waals surface area contributed by atoms with Crippen LogP contribution in [-0.2, 0) is 23.1 Å². The second kappa shape index (κ2) is 9.16. The highest BCUT2D eigenvalue weighted by Gasteiger charge is 2.43. The molecule has 2 aromatic rings. The molecule has 2 atom stereocenters. The number of halogens is 3. The van der Waals surface area contributed by atoms with Gasteiger partial charge >= 0.3 is 12.2 Å². The van der Waals surface area contributed by atoms with E-state index in [1.807, 2.05) is 4.90 Å². The maximum Gasteiger partial charge on any atom is 0.416 e. The van der Waals surface area contributed by atoms with Crippen molar-refractivity contribution < 1.29 is 32.6 Å². The lowest BCUT2D eigenvalue weighted by molar-refractivity contribution is -0.138. The minimum absolute atomic E-state index is 0.00402. The van der Waals surface area contributed by atoms with Gasteiger partial charge in [-0.1, -0.05) is 12.1 Å². The fraction of sp³-hybridized carbons (Fsp3) is 0.542. The van der Waals surface area contributed by atoms with Crippen LogP contribution in [0.4, 0.5) is 18.0 Å². The maximum absolute atomic E-state index is 14.0. The summed E-state index contributed by atoms with van der Waals surface area (Å²) >= 11 is 0. The first kappa shape index (κ1) is 24.7. The van der Waals surface area contributed by atoms with Gasteiger partial charge in [-0.25, -0.2) is 4.79 Å². The maximum atomic E-state index is 14.0. The number of benzene rings is 1. The van der Waals surface area contributed by atoms with Gasteiger partial charge in [0.2, 0.25) is 0 Å². The van der Waals surface area contributed by atoms with Gasteiger partial charge in [-0.2, -0.15) is 23.0 Å². The van der Waals surface area contributed by atoms with Gasteiger partial charge in [0.1, 0.15) is 0 Å². The van der Waals surface area contributed by atoms with E-state index in [4.69, 9.17) is 10.5 Å². The smallest absolute Gasteiger partial charge is 0.385 e. The number of primary amides is 1. The Kier molecular flexibility index (Phi) is 6.29. The number of carbonyl (C=O) groups excluding carboxylic acids is 2. The zero-order chi connectivity index (χ0) is 25.7. The summed E-state index contributed by atoms with van der Waals surface area (Å²) in [6, 6.07) is 5.18. The van der Waals surface area contributed by atoms with Crippen LogP contribution < -0.4 is 5.73 Å². The van der Waals surface area contributed by atoms with Gasteiger partial charge in [-0.15, -0.1) is 0 Å². The lowest BCUT2D eigenvalue weighted by Gasteiger charge is -2.33. The van der Waals surface area contributed by atoms with E-state index in [1.165, 1.54) is 18.3 Å². The molecule has 3 N–H and O–H groups in total. The molecular formula is C24H28F3N5O4. The zero-order valence-electron chi connectivity index (χ0n) is 19.6. The minimum Gasteiger partial charge on any atom is -0.385 e. The standard InChI is InChI=1S/C24H28F3N5O4/c25-24(26,27)19-9-18(23(35)4-7-36-8-5-23)2-1-15(19)10-30-11-16-13-31(14-17(16)12-30)22(34)32-6-3-20(29-32)21(28)33/h1-3,6,9,16-17,35H,4-5,7-8,10-14H2,(H2,28,33). The highest BCUT2D eigenvalue weighted by molar-refractivity contribution is 5.91. The first-order chi connectivity index (χ1) is 17.0. The Bertz CT molecular complexity index is 1150. The van der Waals surface area contributed by atoms with Gasteiger partial charge in [-0.3, -0.25) is 9.69 Å². The summed E-state index contributed by atoms with van der Waals surface area (Å²) in [6.45, 7) is 2.82. The van der Waals surface area contributed by atoms with Crippen molar-refractivity contribution in [1.82, 2.24) is 19.6 Å². The highest BCUT2D eigenvalue weighted by Crippen LogP contribution is 2.39. The van der Waals surface area contributed by atoms with Crippen LogP contribution in [0.25, 0.3) is 0 Å². The van der Waals surface area contributed by atoms with E-state index < -0.39 is 23.2 Å². The number of amides is 2. The lowest BCUT2D eigenvalue weighted by atomic mass is 9.84. The van der Waals surface area contributed by atoms with Crippen LogP contribution in [0.3, 0.4) is 0 Å². The molecule has 5 rings (SSSR count). The monoisotopic (exact) mass is 507 g/mol. The summed E-state index contributed by atoms with van der Waals surface area (Å²) in [5.41, 5.74) is 3.60. The number of fused-ring (bicyclic) bond motifs is 1. The van der Waals surface area contributed by atoms with Crippen molar-refractivity contribution >= 4 is 11.9 Å². The van der Waals surface area contributed by atoms with Crippen molar-refractivity contribution in [3.8, 4) is 0 Å². The molecule has 1 aromatic carbocycles. The van der Waals surface area contributed by atoms with Crippen molar-refractivity contribution in [2.45, 2.75) is 31.2 Å². The SMILES string of the molecule is NC(=O)c1ccn(C(=O)N2CC3CN(Cc4ccc(C5(O)CCOCC5)cc4C(F)(F)F)CC3C2)n1. The van der Waals surface area contributed by atoms with Crippen molar-refractivity contribution in [1.29, 1.82) is 0 Å². The van der Waals surface area contributed by atoms with Crippen LogP contribution in [0.15, 0.2) is 30.5 Å². The lowest BCUT2D eigenvalue weighted by Crippen LogP contribution is -2.36. The van der Waals surface area contributed by atoms with Crippen LogP contribution >= 0.6 is 0 Å². The molecule has 3 saturated heterocycles. The first-order valence-electron chi connectivity index (χ1n) is 11.9. The largest absolute Gasteiger partial charge is 0.416 e. The second-order valence-electron chi connectivity index (χ2n) is 9.93. The Hall–Kier alpha value is -2.96. The van der Waals surface area contributed by atoms with Gasteiger partial charge in [0.05, 0.1) is 11.2 Å². The molecule has 2 unspecified atom stereocenters. The molecule has 4 heterocycles. The number of likely N-dealkylation sites (tertiary alicyclic amines) is 2. The Morgan fingerprint density at radius 2 is 1.78 bits per heavy atom. The number of hydrogen-bond donors (Lipinski definition) is 2. The average molecular weight is 508 g/mol. The molecule has 0 radical (unpaired) electrons. The number of aliphatic hydroxyl groups is 1. The molecule has 3 aliphatic heterocycles. The summed E-state index contributed by atoms with van der Waals surface area (Å²) in [5.74, 6) is -0.447. The molecule has 194 valence electrons. The quantitative estimate of drug-likeness (QED) is 0.655. The number of nitrogens with two attached hydrogens (primary N) is 1. The fourth-order valence-electron chi connectivity index (χ4n) is 5.59. The molecule has 12 heteroatoms. The number of rotatable bonds is 4. The number of aromatic nitrogens is 2. The van der Waals surface area contributed by atoms with E-state index in [0.717, 1.165) is 10.7 Å². The molecule has 9 nitrogen and oxygen atoms in total. The predicted octanol–water partition coefficient (Wildman–Crippen LogP) is 2.03. The molecule has 0 bridgehead atoms. The highest BCUT2D eigenvalue weighted by atomic mass is 19.4. The van der Waals surface area contributed by atoms with Crippen LogP contribution in [0.5, 0.6) is 0 Å². The zero-order valence-corrected chi connectivity index (χ0v) is 19.6. The van der Waals surface area contributed by atoms with Crippen molar-refractivity contribution in [3.63, 3.8) is 0 Å². The number of carbonyl (C=O) groups is 2. The Balaban J connectivity index is 1.25. The van der Waals surface area contributed by atoms with Crippen molar-refractivity contribution in [3.05, 3.63) is 52.8 Å². The summed E-state index contributed by atoms with van der Waals surface area (Å²) in [7, 11) is 0. The number of hydrogen-bond acceptors (Lipinski definition) is 6. The van der Waals surface area contributed by atoms with Crippen LogP contribution in [0.2, 0.25) is 0 Å². The molecule has 2 amide bonds. The van der Waals surface area contributed by atoms with Crippen LogP contribution in [0.1, 0.15) is 40.0 Å². The normalized spacial score (nSPS) is 24.2. The van der Waals surface area contributed by atoms with Gasteiger partial charge in [0, 0.05) is 65.0 Å². The summed E-state index contributed by atoms with van der Waals surface area (Å²) < 4.78 is 48.3. The van der Waals surface area contributed by atoms with Gasteiger partial charge in [0.25, 0.3) is 5.91 Å². The second-order valence-corrected chi connectivity index (χ2v) is 9.93. The van der Waals surface area contributed by atoms with E-state index >= 15 is 0 Å². The minimum atomic E-state index is -4.54. The van der Waals surface area contributed by atoms with Crippen molar-refractivity contribution in [2.75, 3.05) is 39.4 Å². The third-order valence-electron chi connectivity index (χ3n) is 7.54. The van der Waals surface area contributed by atoms with E-state index in [9.17, 15) is 27.9 Å². The summed E-state index contributed by atoms with van der Waals surface area (Å²) in [5, 5.41) is 14.8.